The maximum absolute atomic E-state index is 13.3. The van der Waals surface area contributed by atoms with Crippen LogP contribution in [0.1, 0.15) is 41.8 Å². The zero-order chi connectivity index (χ0) is 22.8. The Labute approximate surface area is 186 Å². The van der Waals surface area contributed by atoms with Crippen molar-refractivity contribution < 1.29 is 14.3 Å². The van der Waals surface area contributed by atoms with Crippen molar-refractivity contribution in [1.29, 1.82) is 5.26 Å². The highest BCUT2D eigenvalue weighted by Gasteiger charge is 2.19. The second-order valence-electron chi connectivity index (χ2n) is 8.24. The topological polar surface area (TPSA) is 65.8 Å². The number of hydrogen-bond acceptors (Lipinski definition) is 5. The zero-order valence-corrected chi connectivity index (χ0v) is 19.2. The van der Waals surface area contributed by atoms with E-state index in [1.54, 1.807) is 37.4 Å². The van der Waals surface area contributed by atoms with Crippen LogP contribution < -0.4 is 9.47 Å². The van der Waals surface area contributed by atoms with Crippen LogP contribution >= 0.6 is 0 Å². The van der Waals surface area contributed by atoms with Gasteiger partial charge in [-0.1, -0.05) is 26.0 Å². The van der Waals surface area contributed by atoms with Gasteiger partial charge in [0.15, 0.2) is 11.5 Å². The van der Waals surface area contributed by atoms with Crippen LogP contribution in [-0.4, -0.2) is 56.6 Å². The van der Waals surface area contributed by atoms with Crippen LogP contribution in [0, 0.1) is 17.2 Å². The fourth-order valence-electron chi connectivity index (χ4n) is 2.99. The molecule has 0 heterocycles. The van der Waals surface area contributed by atoms with Crippen LogP contribution in [0.2, 0.25) is 0 Å². The number of hydrogen-bond donors (Lipinski definition) is 0. The fourth-order valence-corrected chi connectivity index (χ4v) is 2.99. The molecule has 0 aliphatic carbocycles. The van der Waals surface area contributed by atoms with E-state index in [0.717, 1.165) is 18.5 Å². The molecule has 0 radical (unpaired) electrons. The van der Waals surface area contributed by atoms with Crippen molar-refractivity contribution in [1.82, 2.24) is 9.80 Å². The number of nitriles is 1. The van der Waals surface area contributed by atoms with E-state index in [0.29, 0.717) is 48.2 Å². The summed E-state index contributed by atoms with van der Waals surface area (Å²) in [6.45, 7) is 6.70. The third-order valence-corrected chi connectivity index (χ3v) is 4.92. The molecule has 0 aliphatic rings. The molecule has 2 aromatic carbocycles. The molecule has 0 N–H and O–H groups in total. The predicted octanol–water partition coefficient (Wildman–Crippen LogP) is 4.20. The molecule has 1 amide bonds. The lowest BCUT2D eigenvalue weighted by Crippen LogP contribution is -2.36. The Morgan fingerprint density at radius 1 is 1.06 bits per heavy atom. The second-order valence-corrected chi connectivity index (χ2v) is 8.24. The van der Waals surface area contributed by atoms with Gasteiger partial charge in [-0.3, -0.25) is 4.79 Å². The maximum Gasteiger partial charge on any atom is 0.254 e. The van der Waals surface area contributed by atoms with Gasteiger partial charge in [0.05, 0.1) is 25.3 Å². The van der Waals surface area contributed by atoms with Gasteiger partial charge in [-0.15, -0.1) is 0 Å². The van der Waals surface area contributed by atoms with Gasteiger partial charge in [0.1, 0.15) is 0 Å². The number of ether oxygens (including phenoxy) is 2. The Balaban J connectivity index is 2.20. The molecule has 31 heavy (non-hydrogen) atoms. The molecular formula is C25H33N3O3. The van der Waals surface area contributed by atoms with Gasteiger partial charge >= 0.3 is 0 Å². The molecule has 0 aliphatic heterocycles. The van der Waals surface area contributed by atoms with E-state index in [1.807, 2.05) is 36.0 Å². The zero-order valence-electron chi connectivity index (χ0n) is 19.2. The Bertz CT molecular complexity index is 886. The summed E-state index contributed by atoms with van der Waals surface area (Å²) >= 11 is 0. The van der Waals surface area contributed by atoms with E-state index in [1.165, 1.54) is 0 Å². The van der Waals surface area contributed by atoms with E-state index in [2.05, 4.69) is 19.9 Å². The van der Waals surface area contributed by atoms with Gasteiger partial charge < -0.3 is 19.3 Å². The van der Waals surface area contributed by atoms with Gasteiger partial charge in [-0.25, -0.2) is 0 Å². The smallest absolute Gasteiger partial charge is 0.254 e. The van der Waals surface area contributed by atoms with E-state index >= 15 is 0 Å². The second kappa shape index (κ2) is 12.0. The average Bonchev–Trinajstić information content (AvgIpc) is 2.76. The molecule has 0 saturated heterocycles. The lowest BCUT2D eigenvalue weighted by Gasteiger charge is -2.25. The van der Waals surface area contributed by atoms with Crippen LogP contribution in [0.5, 0.6) is 11.5 Å². The molecule has 2 aromatic rings. The minimum absolute atomic E-state index is 0.0711. The molecule has 2 rings (SSSR count). The molecule has 0 spiro atoms. The van der Waals surface area contributed by atoms with Gasteiger partial charge in [0, 0.05) is 25.2 Å². The van der Waals surface area contributed by atoms with E-state index in [-0.39, 0.29) is 5.91 Å². The number of carbonyl (C=O) groups excluding carboxylic acids is 1. The number of benzene rings is 2. The largest absolute Gasteiger partial charge is 0.493 e. The first-order chi connectivity index (χ1) is 14.8. The van der Waals surface area contributed by atoms with Crippen molar-refractivity contribution in [2.45, 2.75) is 26.8 Å². The summed E-state index contributed by atoms with van der Waals surface area (Å²) in [4.78, 5) is 17.2. The highest BCUT2D eigenvalue weighted by molar-refractivity contribution is 5.95. The average molecular weight is 424 g/mol. The van der Waals surface area contributed by atoms with Crippen molar-refractivity contribution >= 4 is 5.91 Å². The van der Waals surface area contributed by atoms with Crippen molar-refractivity contribution in [3.8, 4) is 17.6 Å². The molecule has 0 bridgehead atoms. The van der Waals surface area contributed by atoms with Crippen molar-refractivity contribution in [3.05, 3.63) is 59.2 Å². The molecule has 0 aromatic heterocycles. The normalized spacial score (nSPS) is 10.8. The Hall–Kier alpha value is -3.04. The van der Waals surface area contributed by atoms with E-state index in [9.17, 15) is 4.79 Å². The van der Waals surface area contributed by atoms with Crippen LogP contribution in [0.25, 0.3) is 0 Å². The number of likely N-dealkylation sites (N-methyl/N-ethyl adjacent to an activating group) is 1. The third kappa shape index (κ3) is 7.62. The standard InChI is InChI=1S/C25H33N3O3/c1-19(2)12-15-31-23-11-10-22(16-24(23)30-5)25(29)28(14-13-27(3)4)18-21-8-6-20(17-26)7-9-21/h6-11,16,19H,12-15,18H2,1-5H3. The summed E-state index contributed by atoms with van der Waals surface area (Å²) in [5.41, 5.74) is 2.14. The van der Waals surface area contributed by atoms with Crippen LogP contribution in [-0.2, 0) is 6.54 Å². The van der Waals surface area contributed by atoms with Gasteiger partial charge in [-0.05, 0) is 62.3 Å². The summed E-state index contributed by atoms with van der Waals surface area (Å²) in [6, 6.07) is 14.8. The number of rotatable bonds is 11. The van der Waals surface area contributed by atoms with E-state index in [4.69, 9.17) is 14.7 Å². The SMILES string of the molecule is COc1cc(C(=O)N(CCN(C)C)Cc2ccc(C#N)cc2)ccc1OCCC(C)C. The quantitative estimate of drug-likeness (QED) is 0.542. The van der Waals surface area contributed by atoms with Gasteiger partial charge in [-0.2, -0.15) is 5.26 Å². The molecule has 6 nitrogen and oxygen atoms in total. The number of carbonyl (C=O) groups is 1. The van der Waals surface area contributed by atoms with Gasteiger partial charge in [0.2, 0.25) is 0 Å². The lowest BCUT2D eigenvalue weighted by molar-refractivity contribution is 0.0731. The monoisotopic (exact) mass is 423 g/mol. The fraction of sp³-hybridized carbons (Fsp3) is 0.440. The molecule has 0 atom stereocenters. The Morgan fingerprint density at radius 2 is 1.77 bits per heavy atom. The first-order valence-electron chi connectivity index (χ1n) is 10.6. The van der Waals surface area contributed by atoms with Crippen molar-refractivity contribution in [2.24, 2.45) is 5.92 Å². The highest BCUT2D eigenvalue weighted by atomic mass is 16.5. The van der Waals surface area contributed by atoms with Crippen molar-refractivity contribution in [3.63, 3.8) is 0 Å². The maximum atomic E-state index is 13.3. The van der Waals surface area contributed by atoms with Crippen molar-refractivity contribution in [2.75, 3.05) is 40.9 Å². The molecule has 6 heteroatoms. The first kappa shape index (κ1) is 24.2. The summed E-state index contributed by atoms with van der Waals surface area (Å²) in [5, 5.41) is 9.00. The third-order valence-electron chi connectivity index (χ3n) is 4.92. The number of nitrogens with zero attached hydrogens (tertiary/aromatic N) is 3. The molecule has 0 fully saturated rings. The van der Waals surface area contributed by atoms with Crippen LogP contribution in [0.4, 0.5) is 0 Å². The molecule has 166 valence electrons. The molecule has 0 saturated carbocycles. The summed E-state index contributed by atoms with van der Waals surface area (Å²) in [7, 11) is 5.55. The molecular weight excluding hydrogens is 390 g/mol. The summed E-state index contributed by atoms with van der Waals surface area (Å²) < 4.78 is 11.3. The van der Waals surface area contributed by atoms with E-state index < -0.39 is 0 Å². The van der Waals surface area contributed by atoms with Crippen LogP contribution in [0.3, 0.4) is 0 Å². The highest BCUT2D eigenvalue weighted by Crippen LogP contribution is 2.29. The summed E-state index contributed by atoms with van der Waals surface area (Å²) in [6.07, 6.45) is 0.951. The summed E-state index contributed by atoms with van der Waals surface area (Å²) in [5.74, 6) is 1.68. The lowest BCUT2D eigenvalue weighted by atomic mass is 10.1. The predicted molar refractivity (Wildman–Crippen MR) is 122 cm³/mol. The first-order valence-corrected chi connectivity index (χ1v) is 10.6. The minimum atomic E-state index is -0.0711. The number of amides is 1. The van der Waals surface area contributed by atoms with Crippen LogP contribution in [0.15, 0.2) is 42.5 Å². The molecule has 0 unspecified atom stereocenters. The Kier molecular flexibility index (Phi) is 9.36. The minimum Gasteiger partial charge on any atom is -0.493 e. The van der Waals surface area contributed by atoms with Gasteiger partial charge in [0.25, 0.3) is 5.91 Å². The Morgan fingerprint density at radius 3 is 2.35 bits per heavy atom. The number of methoxy groups -OCH3 is 1.